The molecule has 1 aromatic carbocycles. The molecule has 0 heterocycles. The molecular formula is C19H35N3O3S. The first-order valence-corrected chi connectivity index (χ1v) is 11.0. The number of ether oxygens (including phenoxy) is 1. The largest absolute Gasteiger partial charge is 0.494 e. The Labute approximate surface area is 159 Å². The van der Waals surface area contributed by atoms with E-state index in [0.29, 0.717) is 6.54 Å². The molecule has 1 rings (SSSR count). The summed E-state index contributed by atoms with van der Waals surface area (Å²) >= 11 is 0. The number of sulfonamides is 1. The molecule has 0 spiro atoms. The molecule has 0 saturated carbocycles. The Balaban J connectivity index is 2.09. The van der Waals surface area contributed by atoms with Crippen molar-refractivity contribution in [3.63, 3.8) is 0 Å². The highest BCUT2D eigenvalue weighted by molar-refractivity contribution is 7.90. The predicted octanol–water partition coefficient (Wildman–Crippen LogP) is 3.67. The van der Waals surface area contributed by atoms with Crippen molar-refractivity contribution in [1.29, 1.82) is 0 Å². The standard InChI is InChI=1S/C19H35N3O3S/c1-5-6-16-25-18-12-10-17(11-13-18)22-20-14-8-7-9-15-21-26(23,24)19(2,3)4/h10-13,20-22H,5-9,14-16H2,1-4H3. The van der Waals surface area contributed by atoms with E-state index in [1.165, 1.54) is 0 Å². The molecule has 6 nitrogen and oxygen atoms in total. The van der Waals surface area contributed by atoms with E-state index in [2.05, 4.69) is 22.5 Å². The molecule has 7 heteroatoms. The molecule has 0 aliphatic carbocycles. The second-order valence-electron chi connectivity index (χ2n) is 7.35. The van der Waals surface area contributed by atoms with Crippen LogP contribution in [-0.2, 0) is 10.0 Å². The number of benzene rings is 1. The maximum Gasteiger partial charge on any atom is 0.216 e. The van der Waals surface area contributed by atoms with Crippen molar-refractivity contribution < 1.29 is 13.2 Å². The number of hydrazine groups is 1. The average Bonchev–Trinajstić information content (AvgIpc) is 2.57. The van der Waals surface area contributed by atoms with Crippen LogP contribution in [0.25, 0.3) is 0 Å². The molecule has 1 aromatic rings. The smallest absolute Gasteiger partial charge is 0.216 e. The highest BCUT2D eigenvalue weighted by Crippen LogP contribution is 2.15. The second-order valence-corrected chi connectivity index (χ2v) is 9.87. The number of hydrogen-bond acceptors (Lipinski definition) is 5. The SMILES string of the molecule is CCCCOc1ccc(NNCCCCCNS(=O)(=O)C(C)(C)C)cc1. The van der Waals surface area contributed by atoms with E-state index in [9.17, 15) is 8.42 Å². The van der Waals surface area contributed by atoms with Gasteiger partial charge in [0.15, 0.2) is 0 Å². The van der Waals surface area contributed by atoms with Crippen molar-refractivity contribution in [2.24, 2.45) is 0 Å². The molecule has 3 N–H and O–H groups in total. The molecule has 0 fully saturated rings. The Kier molecular flexibility index (Phi) is 9.98. The Hall–Kier alpha value is -1.31. The minimum absolute atomic E-state index is 0.493. The summed E-state index contributed by atoms with van der Waals surface area (Å²) < 4.78 is 31.3. The topological polar surface area (TPSA) is 79.5 Å². The van der Waals surface area contributed by atoms with Gasteiger partial charge in [-0.3, -0.25) is 0 Å². The zero-order valence-corrected chi connectivity index (χ0v) is 17.4. The first-order chi connectivity index (χ1) is 12.3. The van der Waals surface area contributed by atoms with Gasteiger partial charge in [-0.15, -0.1) is 0 Å². The third kappa shape index (κ3) is 8.87. The molecule has 0 aliphatic heterocycles. The summed E-state index contributed by atoms with van der Waals surface area (Å²) in [7, 11) is -3.23. The first kappa shape index (κ1) is 22.7. The maximum absolute atomic E-state index is 11.9. The number of unbranched alkanes of at least 4 members (excludes halogenated alkanes) is 3. The predicted molar refractivity (Wildman–Crippen MR) is 109 cm³/mol. The fourth-order valence-corrected chi connectivity index (χ4v) is 2.92. The van der Waals surface area contributed by atoms with Crippen LogP contribution in [0.2, 0.25) is 0 Å². The van der Waals surface area contributed by atoms with Crippen molar-refractivity contribution in [3.8, 4) is 5.75 Å². The van der Waals surface area contributed by atoms with Gasteiger partial charge < -0.3 is 10.2 Å². The van der Waals surface area contributed by atoms with E-state index in [0.717, 1.165) is 56.7 Å². The van der Waals surface area contributed by atoms with Crippen LogP contribution in [0.3, 0.4) is 0 Å². The van der Waals surface area contributed by atoms with Crippen molar-refractivity contribution in [1.82, 2.24) is 10.1 Å². The lowest BCUT2D eigenvalue weighted by Gasteiger charge is -2.19. The maximum atomic E-state index is 11.9. The van der Waals surface area contributed by atoms with E-state index in [1.807, 2.05) is 24.3 Å². The van der Waals surface area contributed by atoms with Gasteiger partial charge in [0.25, 0.3) is 0 Å². The van der Waals surface area contributed by atoms with Crippen LogP contribution >= 0.6 is 0 Å². The van der Waals surface area contributed by atoms with Crippen LogP contribution in [0.4, 0.5) is 5.69 Å². The highest BCUT2D eigenvalue weighted by Gasteiger charge is 2.27. The fraction of sp³-hybridized carbons (Fsp3) is 0.684. The van der Waals surface area contributed by atoms with Crippen LogP contribution in [-0.4, -0.2) is 32.9 Å². The quantitative estimate of drug-likeness (QED) is 0.357. The highest BCUT2D eigenvalue weighted by atomic mass is 32.2. The molecular weight excluding hydrogens is 350 g/mol. The average molecular weight is 386 g/mol. The number of rotatable bonds is 13. The summed E-state index contributed by atoms with van der Waals surface area (Å²) in [6.45, 7) is 9.32. The minimum atomic E-state index is -3.23. The zero-order valence-electron chi connectivity index (χ0n) is 16.6. The van der Waals surface area contributed by atoms with E-state index in [-0.39, 0.29) is 0 Å². The van der Waals surface area contributed by atoms with Gasteiger partial charge in [-0.1, -0.05) is 19.8 Å². The minimum Gasteiger partial charge on any atom is -0.494 e. The summed E-state index contributed by atoms with van der Waals surface area (Å²) in [5.41, 5.74) is 7.32. The Morgan fingerprint density at radius 2 is 1.62 bits per heavy atom. The molecule has 0 aromatic heterocycles. The summed E-state index contributed by atoms with van der Waals surface area (Å²) in [6, 6.07) is 7.88. The van der Waals surface area contributed by atoms with Crippen LogP contribution in [0.5, 0.6) is 5.75 Å². The summed E-state index contributed by atoms with van der Waals surface area (Å²) in [5.74, 6) is 0.890. The Morgan fingerprint density at radius 1 is 0.962 bits per heavy atom. The van der Waals surface area contributed by atoms with Crippen molar-refractivity contribution in [2.45, 2.75) is 64.5 Å². The molecule has 150 valence electrons. The van der Waals surface area contributed by atoms with E-state index in [4.69, 9.17) is 4.74 Å². The first-order valence-electron chi connectivity index (χ1n) is 9.47. The molecule has 0 radical (unpaired) electrons. The molecule has 0 amide bonds. The van der Waals surface area contributed by atoms with Crippen molar-refractivity contribution in [3.05, 3.63) is 24.3 Å². The monoisotopic (exact) mass is 385 g/mol. The van der Waals surface area contributed by atoms with Gasteiger partial charge in [-0.05, 0) is 64.3 Å². The van der Waals surface area contributed by atoms with Gasteiger partial charge in [0.05, 0.1) is 11.4 Å². The number of nitrogens with one attached hydrogen (secondary N) is 3. The van der Waals surface area contributed by atoms with Gasteiger partial charge in [0, 0.05) is 18.8 Å². The van der Waals surface area contributed by atoms with Crippen LogP contribution < -0.4 is 20.3 Å². The molecule has 0 unspecified atom stereocenters. The lowest BCUT2D eigenvalue weighted by Crippen LogP contribution is -2.39. The molecule has 0 saturated heterocycles. The van der Waals surface area contributed by atoms with Crippen LogP contribution in [0.1, 0.15) is 59.8 Å². The van der Waals surface area contributed by atoms with Crippen molar-refractivity contribution in [2.75, 3.05) is 25.1 Å². The number of hydrogen-bond donors (Lipinski definition) is 3. The van der Waals surface area contributed by atoms with E-state index in [1.54, 1.807) is 20.8 Å². The van der Waals surface area contributed by atoms with Gasteiger partial charge in [0.2, 0.25) is 10.0 Å². The van der Waals surface area contributed by atoms with E-state index >= 15 is 0 Å². The second kappa shape index (κ2) is 11.4. The zero-order chi connectivity index (χ0) is 19.5. The Bertz CT molecular complexity index is 595. The molecule has 0 atom stereocenters. The molecule has 0 bridgehead atoms. The summed E-state index contributed by atoms with van der Waals surface area (Å²) in [4.78, 5) is 0. The van der Waals surface area contributed by atoms with Gasteiger partial charge >= 0.3 is 0 Å². The lowest BCUT2D eigenvalue weighted by atomic mass is 10.2. The third-order valence-electron chi connectivity index (χ3n) is 3.93. The van der Waals surface area contributed by atoms with Crippen LogP contribution in [0.15, 0.2) is 24.3 Å². The van der Waals surface area contributed by atoms with Crippen molar-refractivity contribution >= 4 is 15.7 Å². The Morgan fingerprint density at radius 3 is 2.23 bits per heavy atom. The number of anilines is 1. The normalized spacial score (nSPS) is 12.2. The third-order valence-corrected chi connectivity index (χ3v) is 6.13. The van der Waals surface area contributed by atoms with Gasteiger partial charge in [-0.2, -0.15) is 0 Å². The van der Waals surface area contributed by atoms with E-state index < -0.39 is 14.8 Å². The molecule has 0 aliphatic rings. The van der Waals surface area contributed by atoms with Gasteiger partial charge in [0.1, 0.15) is 5.75 Å². The summed E-state index contributed by atoms with van der Waals surface area (Å²) in [5, 5.41) is 0. The van der Waals surface area contributed by atoms with Crippen LogP contribution in [0, 0.1) is 0 Å². The molecule has 26 heavy (non-hydrogen) atoms. The fourth-order valence-electron chi connectivity index (χ4n) is 2.07. The van der Waals surface area contributed by atoms with Gasteiger partial charge in [-0.25, -0.2) is 18.6 Å². The lowest BCUT2D eigenvalue weighted by molar-refractivity contribution is 0.309. The summed E-state index contributed by atoms with van der Waals surface area (Å²) in [6.07, 6.45) is 4.97.